The lowest BCUT2D eigenvalue weighted by molar-refractivity contribution is -0.131. The molecule has 1 aliphatic rings. The molecule has 3 rings (SSSR count). The van der Waals surface area contributed by atoms with Gasteiger partial charge in [-0.25, -0.2) is 4.98 Å². The molecule has 2 amide bonds. The largest absolute Gasteiger partial charge is 0.357 e. The fourth-order valence-corrected chi connectivity index (χ4v) is 3.59. The average Bonchev–Trinajstić information content (AvgIpc) is 3.09. The van der Waals surface area contributed by atoms with E-state index in [0.717, 1.165) is 12.2 Å². The Bertz CT molecular complexity index is 944. The number of fused-ring (bicyclic) bond motifs is 1. The molecule has 8 nitrogen and oxygen atoms in total. The minimum atomic E-state index is -0.669. The Labute approximate surface area is 176 Å². The number of hydrogen-bond acceptors (Lipinski definition) is 5. The number of amides is 2. The summed E-state index contributed by atoms with van der Waals surface area (Å²) in [5.41, 5.74) is 1.51. The lowest BCUT2D eigenvalue weighted by atomic mass is 9.86. The molecule has 0 aliphatic carbocycles. The van der Waals surface area contributed by atoms with Crippen molar-refractivity contribution in [3.63, 3.8) is 0 Å². The molecule has 0 saturated heterocycles. The van der Waals surface area contributed by atoms with Crippen molar-refractivity contribution in [2.24, 2.45) is 5.41 Å². The van der Waals surface area contributed by atoms with Gasteiger partial charge in [-0.1, -0.05) is 51.1 Å². The fourth-order valence-electron chi connectivity index (χ4n) is 3.59. The number of ketones is 1. The zero-order valence-electron chi connectivity index (χ0n) is 17.9. The minimum absolute atomic E-state index is 0.00264. The van der Waals surface area contributed by atoms with E-state index < -0.39 is 11.5 Å². The number of hydrogen-bond donors (Lipinski definition) is 3. The Morgan fingerprint density at radius 3 is 2.53 bits per heavy atom. The summed E-state index contributed by atoms with van der Waals surface area (Å²) in [6.07, 6.45) is 0.00264. The highest BCUT2D eigenvalue weighted by Gasteiger charge is 2.33. The molecule has 8 heteroatoms. The van der Waals surface area contributed by atoms with Crippen LogP contribution in [0.3, 0.4) is 0 Å². The summed E-state index contributed by atoms with van der Waals surface area (Å²) in [7, 11) is 1.55. The van der Waals surface area contributed by atoms with Gasteiger partial charge in [-0.2, -0.15) is 0 Å². The maximum absolute atomic E-state index is 13.0. The second-order valence-corrected chi connectivity index (χ2v) is 8.51. The third kappa shape index (κ3) is 4.59. The van der Waals surface area contributed by atoms with E-state index >= 15 is 0 Å². The van der Waals surface area contributed by atoms with Gasteiger partial charge in [-0.15, -0.1) is 0 Å². The van der Waals surface area contributed by atoms with Crippen LogP contribution in [0.25, 0.3) is 0 Å². The first kappa shape index (κ1) is 21.7. The number of benzene rings is 1. The second kappa shape index (κ2) is 8.79. The SMILES string of the molecule is CNC(=O)[C@@H](NC(=O)Cc1nc(C(=O)c2ccccc2)n2c1CNCC2)C(C)(C)C. The van der Waals surface area contributed by atoms with Gasteiger partial charge in [-0.3, -0.25) is 14.4 Å². The van der Waals surface area contributed by atoms with Crippen LogP contribution >= 0.6 is 0 Å². The third-order valence-electron chi connectivity index (χ3n) is 5.21. The van der Waals surface area contributed by atoms with Gasteiger partial charge in [0, 0.05) is 32.2 Å². The highest BCUT2D eigenvalue weighted by Crippen LogP contribution is 2.21. The molecule has 1 atom stereocenters. The molecule has 1 aliphatic heterocycles. The molecule has 0 unspecified atom stereocenters. The maximum atomic E-state index is 13.0. The fraction of sp³-hybridized carbons (Fsp3) is 0.455. The first-order valence-electron chi connectivity index (χ1n) is 10.1. The average molecular weight is 412 g/mol. The highest BCUT2D eigenvalue weighted by atomic mass is 16.2. The van der Waals surface area contributed by atoms with E-state index in [9.17, 15) is 14.4 Å². The molecule has 160 valence electrons. The van der Waals surface area contributed by atoms with Gasteiger partial charge in [0.15, 0.2) is 5.82 Å². The van der Waals surface area contributed by atoms with Gasteiger partial charge in [0.05, 0.1) is 17.8 Å². The van der Waals surface area contributed by atoms with Crippen molar-refractivity contribution in [3.05, 3.63) is 53.1 Å². The standard InChI is InChI=1S/C22H29N5O3/c1-22(2,3)19(21(30)23-4)26-17(28)12-15-16-13-24-10-11-27(16)20(25-15)18(29)14-8-6-5-7-9-14/h5-9,19,24H,10-13H2,1-4H3,(H,23,30)(H,26,28)/t19-/m1/s1. The van der Waals surface area contributed by atoms with Crippen LogP contribution < -0.4 is 16.0 Å². The molecule has 2 aromatic rings. The van der Waals surface area contributed by atoms with Crippen LogP contribution in [0.1, 0.15) is 48.3 Å². The molecule has 0 fully saturated rings. The predicted molar refractivity (Wildman–Crippen MR) is 113 cm³/mol. The van der Waals surface area contributed by atoms with Crippen LogP contribution in [0.4, 0.5) is 0 Å². The van der Waals surface area contributed by atoms with Gasteiger partial charge in [0.2, 0.25) is 17.6 Å². The Balaban J connectivity index is 1.86. The topological polar surface area (TPSA) is 105 Å². The van der Waals surface area contributed by atoms with Crippen molar-refractivity contribution in [2.75, 3.05) is 13.6 Å². The summed E-state index contributed by atoms with van der Waals surface area (Å²) in [4.78, 5) is 42.6. The molecule has 3 N–H and O–H groups in total. The summed E-state index contributed by atoms with van der Waals surface area (Å²) in [6.45, 7) is 7.56. The Kier molecular flexibility index (Phi) is 6.36. The van der Waals surface area contributed by atoms with Gasteiger partial charge in [-0.05, 0) is 5.41 Å². The van der Waals surface area contributed by atoms with Crippen LogP contribution in [0.15, 0.2) is 30.3 Å². The molecule has 0 saturated carbocycles. The van der Waals surface area contributed by atoms with Crippen molar-refractivity contribution < 1.29 is 14.4 Å². The summed E-state index contributed by atoms with van der Waals surface area (Å²) in [5, 5.41) is 8.70. The van der Waals surface area contributed by atoms with Crippen LogP contribution in [-0.2, 0) is 29.1 Å². The lowest BCUT2D eigenvalue weighted by Crippen LogP contribution is -2.53. The van der Waals surface area contributed by atoms with Gasteiger partial charge in [0.25, 0.3) is 0 Å². The van der Waals surface area contributed by atoms with E-state index in [0.29, 0.717) is 30.2 Å². The van der Waals surface area contributed by atoms with Crippen molar-refractivity contribution in [1.82, 2.24) is 25.5 Å². The maximum Gasteiger partial charge on any atom is 0.242 e. The van der Waals surface area contributed by atoms with E-state index in [1.54, 1.807) is 19.2 Å². The number of rotatable bonds is 6. The third-order valence-corrected chi connectivity index (χ3v) is 5.21. The van der Waals surface area contributed by atoms with E-state index in [2.05, 4.69) is 20.9 Å². The molecule has 1 aromatic heterocycles. The van der Waals surface area contributed by atoms with E-state index in [1.165, 1.54) is 0 Å². The monoisotopic (exact) mass is 411 g/mol. The number of nitrogens with zero attached hydrogens (tertiary/aromatic N) is 2. The van der Waals surface area contributed by atoms with Gasteiger partial charge in [0.1, 0.15) is 6.04 Å². The molecular formula is C22H29N5O3. The van der Waals surface area contributed by atoms with Crippen LogP contribution in [0.5, 0.6) is 0 Å². The zero-order valence-corrected chi connectivity index (χ0v) is 17.9. The number of carbonyl (C=O) groups excluding carboxylic acids is 3. The number of aromatic nitrogens is 2. The first-order chi connectivity index (χ1) is 14.2. The second-order valence-electron chi connectivity index (χ2n) is 8.51. The smallest absolute Gasteiger partial charge is 0.242 e. The lowest BCUT2D eigenvalue weighted by Gasteiger charge is -2.29. The van der Waals surface area contributed by atoms with Gasteiger partial charge < -0.3 is 20.5 Å². The minimum Gasteiger partial charge on any atom is -0.357 e. The van der Waals surface area contributed by atoms with Crippen LogP contribution in [0.2, 0.25) is 0 Å². The number of imidazole rings is 1. The summed E-state index contributed by atoms with van der Waals surface area (Å²) >= 11 is 0. The highest BCUT2D eigenvalue weighted by molar-refractivity contribution is 6.07. The summed E-state index contributed by atoms with van der Waals surface area (Å²) < 4.78 is 1.90. The number of likely N-dealkylation sites (N-methyl/N-ethyl adjacent to an activating group) is 1. The van der Waals surface area contributed by atoms with E-state index in [4.69, 9.17) is 0 Å². The molecule has 0 radical (unpaired) electrons. The van der Waals surface area contributed by atoms with E-state index in [-0.39, 0.29) is 24.0 Å². The molecule has 0 bridgehead atoms. The molecule has 30 heavy (non-hydrogen) atoms. The Hall–Kier alpha value is -3.00. The molecule has 1 aromatic carbocycles. The Morgan fingerprint density at radius 1 is 1.20 bits per heavy atom. The molecular weight excluding hydrogens is 382 g/mol. The predicted octanol–water partition coefficient (Wildman–Crippen LogP) is 1.04. The normalized spacial score (nSPS) is 14.5. The van der Waals surface area contributed by atoms with Crippen molar-refractivity contribution in [1.29, 1.82) is 0 Å². The quantitative estimate of drug-likeness (QED) is 0.616. The van der Waals surface area contributed by atoms with Crippen LogP contribution in [-0.4, -0.2) is 46.8 Å². The van der Waals surface area contributed by atoms with Gasteiger partial charge >= 0.3 is 0 Å². The van der Waals surface area contributed by atoms with E-state index in [1.807, 2.05) is 43.5 Å². The van der Waals surface area contributed by atoms with Crippen molar-refractivity contribution in [3.8, 4) is 0 Å². The zero-order chi connectivity index (χ0) is 21.9. The summed E-state index contributed by atoms with van der Waals surface area (Å²) in [6, 6.07) is 8.33. The first-order valence-corrected chi connectivity index (χ1v) is 10.1. The van der Waals surface area contributed by atoms with Crippen molar-refractivity contribution >= 4 is 17.6 Å². The van der Waals surface area contributed by atoms with Crippen molar-refractivity contribution in [2.45, 2.75) is 46.3 Å². The molecule has 0 spiro atoms. The Morgan fingerprint density at radius 2 is 1.90 bits per heavy atom. The van der Waals surface area contributed by atoms with Crippen LogP contribution in [0, 0.1) is 5.41 Å². The summed E-state index contributed by atoms with van der Waals surface area (Å²) in [5.74, 6) is -0.365. The number of nitrogens with one attached hydrogen (secondary N) is 3. The molecule has 2 heterocycles. The number of carbonyl (C=O) groups is 3.